The smallest absolute Gasteiger partial charge is 0.309 e. The van der Waals surface area contributed by atoms with Gasteiger partial charge in [-0.05, 0) is 67.6 Å². The van der Waals surface area contributed by atoms with Gasteiger partial charge in [0.1, 0.15) is 5.78 Å². The lowest BCUT2D eigenvalue weighted by Gasteiger charge is -2.60. The molecule has 29 heavy (non-hydrogen) atoms. The lowest BCUT2D eigenvalue weighted by molar-refractivity contribution is -0.163. The van der Waals surface area contributed by atoms with Gasteiger partial charge >= 0.3 is 5.97 Å². The van der Waals surface area contributed by atoms with Gasteiger partial charge in [-0.1, -0.05) is 19.9 Å². The van der Waals surface area contributed by atoms with E-state index in [0.717, 1.165) is 44.2 Å². The molecule has 0 heterocycles. The van der Waals surface area contributed by atoms with Crippen LogP contribution in [0.1, 0.15) is 58.8 Å². The molecule has 162 valence electrons. The molecule has 0 aromatic rings. The van der Waals surface area contributed by atoms with Gasteiger partial charge in [0.15, 0.2) is 0 Å². The summed E-state index contributed by atoms with van der Waals surface area (Å²) in [5.41, 5.74) is 9.49. The average molecular weight is 405 g/mol. The molecule has 0 amide bonds. The first-order valence-corrected chi connectivity index (χ1v) is 11.2. The first-order chi connectivity index (χ1) is 13.8. The van der Waals surface area contributed by atoms with Gasteiger partial charge in [0.2, 0.25) is 0 Å². The van der Waals surface area contributed by atoms with Crippen LogP contribution in [0.2, 0.25) is 0 Å². The molecule has 7 atom stereocenters. The maximum Gasteiger partial charge on any atom is 0.309 e. The van der Waals surface area contributed by atoms with Crippen molar-refractivity contribution in [3.05, 3.63) is 11.8 Å². The van der Waals surface area contributed by atoms with Crippen molar-refractivity contribution < 1.29 is 19.2 Å². The Hall–Kier alpha value is -1.40. The van der Waals surface area contributed by atoms with Crippen molar-refractivity contribution in [1.29, 1.82) is 0 Å². The van der Waals surface area contributed by atoms with Gasteiger partial charge in [-0.2, -0.15) is 0 Å². The molecule has 3 N–H and O–H groups in total. The molecule has 2 unspecified atom stereocenters. The van der Waals surface area contributed by atoms with Crippen LogP contribution in [0.4, 0.5) is 0 Å². The zero-order chi connectivity index (χ0) is 20.8. The van der Waals surface area contributed by atoms with E-state index in [1.165, 1.54) is 7.11 Å². The van der Waals surface area contributed by atoms with Gasteiger partial charge < -0.3 is 10.5 Å². The fourth-order valence-corrected chi connectivity index (χ4v) is 7.40. The van der Waals surface area contributed by atoms with Crippen molar-refractivity contribution in [2.75, 3.05) is 20.3 Å². The average Bonchev–Trinajstić information content (AvgIpc) is 3.02. The Morgan fingerprint density at radius 3 is 2.76 bits per heavy atom. The number of ketones is 1. The van der Waals surface area contributed by atoms with Crippen molar-refractivity contribution in [2.45, 2.75) is 58.8 Å². The highest BCUT2D eigenvalue weighted by Gasteiger charge is 2.62. The third-order valence-electron chi connectivity index (χ3n) is 8.96. The summed E-state index contributed by atoms with van der Waals surface area (Å²) in [5.74, 6) is 1.70. The Kier molecular flexibility index (Phi) is 5.53. The largest absolute Gasteiger partial charge is 0.469 e. The molecule has 0 spiro atoms. The standard InChI is InChI=1S/C23H36N2O4/c1-22-8-6-14(25-29-11-10-24)12-19(22)16(21(27)28-3)13-15-17-4-5-20(26)23(17,2)9-7-18(15)22/h12,15-19,25H,4-11,13,24H2,1-3H3/t15-,16?,17-,18+,19?,22+,23-/m0/s1. The molecule has 0 bridgehead atoms. The van der Waals surface area contributed by atoms with E-state index in [0.29, 0.717) is 43.1 Å². The Morgan fingerprint density at radius 2 is 2.03 bits per heavy atom. The van der Waals surface area contributed by atoms with Crippen molar-refractivity contribution in [1.82, 2.24) is 5.48 Å². The van der Waals surface area contributed by atoms with E-state index in [-0.39, 0.29) is 28.6 Å². The minimum Gasteiger partial charge on any atom is -0.469 e. The summed E-state index contributed by atoms with van der Waals surface area (Å²) in [6.45, 7) is 5.48. The molecular formula is C23H36N2O4. The highest BCUT2D eigenvalue weighted by atomic mass is 16.6. The number of carbonyl (C=O) groups is 2. The van der Waals surface area contributed by atoms with Crippen LogP contribution in [-0.4, -0.2) is 32.0 Å². The van der Waals surface area contributed by atoms with E-state index in [1.54, 1.807) is 0 Å². The summed E-state index contributed by atoms with van der Waals surface area (Å²) >= 11 is 0. The maximum absolute atomic E-state index is 12.9. The SMILES string of the molecule is COC(=O)C1C[C@@H]2[C@@H](CC[C@]3(C)C(=O)CC[C@@H]23)[C@@]2(C)CCC(NOCCN)=CC12. The zero-order valence-corrected chi connectivity index (χ0v) is 18.0. The second-order valence-corrected chi connectivity index (χ2v) is 10.1. The van der Waals surface area contributed by atoms with Gasteiger partial charge in [-0.25, -0.2) is 0 Å². The number of rotatable bonds is 5. The number of hydrogen-bond acceptors (Lipinski definition) is 6. The summed E-state index contributed by atoms with van der Waals surface area (Å²) in [5, 5.41) is 0. The molecule has 4 aliphatic carbocycles. The maximum atomic E-state index is 12.9. The Bertz CT molecular complexity index is 707. The van der Waals surface area contributed by atoms with E-state index in [4.69, 9.17) is 15.3 Å². The lowest BCUT2D eigenvalue weighted by Crippen LogP contribution is -2.56. The van der Waals surface area contributed by atoms with Crippen LogP contribution < -0.4 is 11.2 Å². The Balaban J connectivity index is 1.66. The fraction of sp³-hybridized carbons (Fsp3) is 0.826. The summed E-state index contributed by atoms with van der Waals surface area (Å²) < 4.78 is 5.25. The van der Waals surface area contributed by atoms with Gasteiger partial charge in [0.05, 0.1) is 19.6 Å². The van der Waals surface area contributed by atoms with Crippen molar-refractivity contribution >= 4 is 11.8 Å². The quantitative estimate of drug-likeness (QED) is 0.416. The van der Waals surface area contributed by atoms with Gasteiger partial charge in [0.25, 0.3) is 0 Å². The van der Waals surface area contributed by atoms with Crippen molar-refractivity contribution in [3.63, 3.8) is 0 Å². The number of hydrogen-bond donors (Lipinski definition) is 2. The molecule has 6 heteroatoms. The van der Waals surface area contributed by atoms with Gasteiger partial charge in [0, 0.05) is 24.1 Å². The molecule has 0 saturated heterocycles. The highest BCUT2D eigenvalue weighted by Crippen LogP contribution is 2.66. The molecule has 3 fully saturated rings. The van der Waals surface area contributed by atoms with Gasteiger partial charge in [-0.15, -0.1) is 0 Å². The minimum absolute atomic E-state index is 0.0494. The lowest BCUT2D eigenvalue weighted by atomic mass is 9.44. The molecule has 0 radical (unpaired) electrons. The second-order valence-electron chi connectivity index (χ2n) is 10.1. The number of allylic oxidation sites excluding steroid dienone is 2. The number of hydroxylamine groups is 1. The van der Waals surface area contributed by atoms with Crippen LogP contribution in [-0.2, 0) is 19.2 Å². The first-order valence-electron chi connectivity index (χ1n) is 11.2. The molecule has 0 aromatic heterocycles. The summed E-state index contributed by atoms with van der Waals surface area (Å²) in [6, 6.07) is 0. The second kappa shape index (κ2) is 7.69. The third-order valence-corrected chi connectivity index (χ3v) is 8.96. The number of nitrogens with two attached hydrogens (primary N) is 1. The fourth-order valence-electron chi connectivity index (χ4n) is 7.40. The molecular weight excluding hydrogens is 368 g/mol. The number of fused-ring (bicyclic) bond motifs is 5. The first kappa shape index (κ1) is 20.9. The molecule has 3 saturated carbocycles. The number of Topliss-reactive ketones (excluding diaryl/α,β-unsaturated/α-hetero) is 1. The van der Waals surface area contributed by atoms with Crippen LogP contribution in [0.5, 0.6) is 0 Å². The monoisotopic (exact) mass is 404 g/mol. The topological polar surface area (TPSA) is 90.7 Å². The molecule has 6 nitrogen and oxygen atoms in total. The van der Waals surface area contributed by atoms with Crippen LogP contribution >= 0.6 is 0 Å². The zero-order valence-electron chi connectivity index (χ0n) is 18.0. The van der Waals surface area contributed by atoms with E-state index in [2.05, 4.69) is 25.4 Å². The van der Waals surface area contributed by atoms with Crippen LogP contribution in [0.25, 0.3) is 0 Å². The Morgan fingerprint density at radius 1 is 1.24 bits per heavy atom. The number of methoxy groups -OCH3 is 1. The van der Waals surface area contributed by atoms with E-state index in [9.17, 15) is 9.59 Å². The number of ether oxygens (including phenoxy) is 1. The van der Waals surface area contributed by atoms with Crippen molar-refractivity contribution in [2.24, 2.45) is 46.2 Å². The normalized spacial score (nSPS) is 43.7. The van der Waals surface area contributed by atoms with E-state index in [1.807, 2.05) is 0 Å². The number of esters is 1. The van der Waals surface area contributed by atoms with Crippen molar-refractivity contribution in [3.8, 4) is 0 Å². The summed E-state index contributed by atoms with van der Waals surface area (Å²) in [4.78, 5) is 31.0. The number of carbonyl (C=O) groups excluding carboxylic acids is 2. The predicted molar refractivity (Wildman–Crippen MR) is 109 cm³/mol. The molecule has 0 aliphatic heterocycles. The molecule has 4 aliphatic rings. The molecule has 0 aromatic carbocycles. The van der Waals surface area contributed by atoms with E-state index < -0.39 is 0 Å². The predicted octanol–water partition coefficient (Wildman–Crippen LogP) is 2.97. The summed E-state index contributed by atoms with van der Waals surface area (Å²) in [6.07, 6.45) is 8.77. The van der Waals surface area contributed by atoms with Gasteiger partial charge in [-0.3, -0.25) is 19.9 Å². The van der Waals surface area contributed by atoms with Crippen LogP contribution in [0.3, 0.4) is 0 Å². The molecule has 4 rings (SSSR count). The highest BCUT2D eigenvalue weighted by molar-refractivity contribution is 5.87. The Labute approximate surface area is 173 Å². The van der Waals surface area contributed by atoms with Crippen LogP contribution in [0, 0.1) is 40.4 Å². The summed E-state index contributed by atoms with van der Waals surface area (Å²) in [7, 11) is 1.49. The minimum atomic E-state index is -0.182. The van der Waals surface area contributed by atoms with Crippen LogP contribution in [0.15, 0.2) is 11.8 Å². The van der Waals surface area contributed by atoms with E-state index >= 15 is 0 Å². The third kappa shape index (κ3) is 3.23. The number of nitrogens with one attached hydrogen (secondary N) is 1.